The number of aromatic nitrogens is 2. The Bertz CT molecular complexity index is 507. The first kappa shape index (κ1) is 12.9. The second-order valence-corrected chi connectivity index (χ2v) is 7.11. The molecular weight excluding hydrogens is 236 g/mol. The molecule has 3 rings (SSSR count). The summed E-state index contributed by atoms with van der Waals surface area (Å²) in [5.41, 5.74) is 3.33. The number of hydrogen-bond donors (Lipinski definition) is 0. The minimum absolute atomic E-state index is 0.0717. The van der Waals surface area contributed by atoms with Crippen LogP contribution in [0.5, 0.6) is 0 Å². The first-order chi connectivity index (χ1) is 8.98. The fraction of sp³-hybridized carbons (Fsp3) is 0.750. The molecule has 1 aromatic heterocycles. The molecule has 2 aliphatic rings. The highest BCUT2D eigenvalue weighted by Crippen LogP contribution is 2.41. The van der Waals surface area contributed by atoms with Crippen LogP contribution >= 0.6 is 0 Å². The normalized spacial score (nSPS) is 23.4. The molecule has 1 saturated carbocycles. The molecule has 3 heteroatoms. The zero-order chi connectivity index (χ0) is 13.6. The van der Waals surface area contributed by atoms with Crippen molar-refractivity contribution in [3.8, 4) is 0 Å². The van der Waals surface area contributed by atoms with Crippen molar-refractivity contribution in [1.29, 1.82) is 0 Å². The SMILES string of the molecule is Cn1nc2c(c1C1CCCCC1)C(=O)CC(C)(C)C2. The Balaban J connectivity index is 2.03. The third-order valence-corrected chi connectivity index (χ3v) is 4.72. The fourth-order valence-corrected chi connectivity index (χ4v) is 3.91. The number of Topliss-reactive ketones (excluding diaryl/α,β-unsaturated/α-hetero) is 1. The summed E-state index contributed by atoms with van der Waals surface area (Å²) in [4.78, 5) is 12.5. The van der Waals surface area contributed by atoms with Gasteiger partial charge in [0, 0.05) is 19.4 Å². The largest absolute Gasteiger partial charge is 0.294 e. The van der Waals surface area contributed by atoms with E-state index in [1.807, 2.05) is 11.7 Å². The molecule has 1 fully saturated rings. The molecule has 104 valence electrons. The number of nitrogens with zero attached hydrogens (tertiary/aromatic N) is 2. The van der Waals surface area contributed by atoms with Crippen LogP contribution in [0.4, 0.5) is 0 Å². The van der Waals surface area contributed by atoms with Crippen LogP contribution in [0.25, 0.3) is 0 Å². The Kier molecular flexibility index (Phi) is 3.03. The molecule has 0 unspecified atom stereocenters. The van der Waals surface area contributed by atoms with Gasteiger partial charge in [0.2, 0.25) is 0 Å². The van der Waals surface area contributed by atoms with Gasteiger partial charge in [-0.25, -0.2) is 0 Å². The molecule has 0 saturated heterocycles. The number of fused-ring (bicyclic) bond motifs is 1. The summed E-state index contributed by atoms with van der Waals surface area (Å²) in [6.45, 7) is 4.34. The quantitative estimate of drug-likeness (QED) is 0.773. The number of hydrogen-bond acceptors (Lipinski definition) is 2. The molecule has 3 nitrogen and oxygen atoms in total. The van der Waals surface area contributed by atoms with Gasteiger partial charge in [-0.1, -0.05) is 33.1 Å². The van der Waals surface area contributed by atoms with E-state index in [0.29, 0.717) is 18.1 Å². The van der Waals surface area contributed by atoms with Crippen LogP contribution in [-0.2, 0) is 13.5 Å². The number of aryl methyl sites for hydroxylation is 1. The number of ketones is 1. The van der Waals surface area contributed by atoms with Crippen molar-refractivity contribution in [1.82, 2.24) is 9.78 Å². The number of rotatable bonds is 1. The van der Waals surface area contributed by atoms with Crippen LogP contribution in [-0.4, -0.2) is 15.6 Å². The van der Waals surface area contributed by atoms with E-state index in [0.717, 1.165) is 17.7 Å². The van der Waals surface area contributed by atoms with E-state index in [4.69, 9.17) is 0 Å². The third kappa shape index (κ3) is 2.24. The smallest absolute Gasteiger partial charge is 0.167 e. The van der Waals surface area contributed by atoms with Crippen molar-refractivity contribution in [2.24, 2.45) is 12.5 Å². The Morgan fingerprint density at radius 3 is 2.53 bits per heavy atom. The lowest BCUT2D eigenvalue weighted by atomic mass is 9.74. The van der Waals surface area contributed by atoms with Gasteiger partial charge in [0.1, 0.15) is 0 Å². The lowest BCUT2D eigenvalue weighted by Gasteiger charge is -2.29. The maximum atomic E-state index is 12.5. The second kappa shape index (κ2) is 4.46. The van der Waals surface area contributed by atoms with E-state index in [1.165, 1.54) is 37.8 Å². The number of carbonyl (C=O) groups is 1. The first-order valence-corrected chi connectivity index (χ1v) is 7.57. The van der Waals surface area contributed by atoms with Crippen LogP contribution in [0.15, 0.2) is 0 Å². The first-order valence-electron chi connectivity index (χ1n) is 7.57. The molecule has 0 bridgehead atoms. The lowest BCUT2D eigenvalue weighted by Crippen LogP contribution is -2.27. The molecule has 1 heterocycles. The van der Waals surface area contributed by atoms with Gasteiger partial charge in [-0.2, -0.15) is 5.10 Å². The summed E-state index contributed by atoms with van der Waals surface area (Å²) >= 11 is 0. The standard InChI is InChI=1S/C16H24N2O/c1-16(2)9-12-14(13(19)10-16)15(18(3)17-12)11-7-5-4-6-8-11/h11H,4-10H2,1-3H3. The van der Waals surface area contributed by atoms with Gasteiger partial charge in [0.05, 0.1) is 17.0 Å². The fourth-order valence-electron chi connectivity index (χ4n) is 3.91. The van der Waals surface area contributed by atoms with Crippen LogP contribution in [0, 0.1) is 5.41 Å². The van der Waals surface area contributed by atoms with Gasteiger partial charge in [-0.3, -0.25) is 9.48 Å². The average molecular weight is 260 g/mol. The molecule has 0 N–H and O–H groups in total. The van der Waals surface area contributed by atoms with Crippen LogP contribution < -0.4 is 0 Å². The van der Waals surface area contributed by atoms with Gasteiger partial charge < -0.3 is 0 Å². The molecule has 0 spiro atoms. The van der Waals surface area contributed by atoms with Crippen molar-refractivity contribution >= 4 is 5.78 Å². The third-order valence-electron chi connectivity index (χ3n) is 4.72. The van der Waals surface area contributed by atoms with Gasteiger partial charge >= 0.3 is 0 Å². The van der Waals surface area contributed by atoms with E-state index in [-0.39, 0.29) is 5.41 Å². The summed E-state index contributed by atoms with van der Waals surface area (Å²) < 4.78 is 2.00. The highest BCUT2D eigenvalue weighted by molar-refractivity contribution is 6.00. The van der Waals surface area contributed by atoms with Crippen molar-refractivity contribution in [3.05, 3.63) is 17.0 Å². The predicted molar refractivity (Wildman–Crippen MR) is 75.5 cm³/mol. The Hall–Kier alpha value is -1.12. The molecule has 0 radical (unpaired) electrons. The molecule has 1 aromatic rings. The Labute approximate surface area is 115 Å². The van der Waals surface area contributed by atoms with Gasteiger partial charge in [0.25, 0.3) is 0 Å². The van der Waals surface area contributed by atoms with Crippen LogP contribution in [0.3, 0.4) is 0 Å². The topological polar surface area (TPSA) is 34.9 Å². The molecular formula is C16H24N2O. The molecule has 0 aliphatic heterocycles. The average Bonchev–Trinajstić information content (AvgIpc) is 2.65. The zero-order valence-electron chi connectivity index (χ0n) is 12.3. The summed E-state index contributed by atoms with van der Waals surface area (Å²) in [5, 5.41) is 4.67. The molecule has 0 aromatic carbocycles. The highest BCUT2D eigenvalue weighted by atomic mass is 16.1. The van der Waals surface area contributed by atoms with E-state index in [2.05, 4.69) is 18.9 Å². The zero-order valence-corrected chi connectivity index (χ0v) is 12.3. The van der Waals surface area contributed by atoms with E-state index in [9.17, 15) is 4.79 Å². The summed E-state index contributed by atoms with van der Waals surface area (Å²) in [7, 11) is 2.02. The Morgan fingerprint density at radius 1 is 1.16 bits per heavy atom. The summed E-state index contributed by atoms with van der Waals surface area (Å²) in [6.07, 6.45) is 8.00. The van der Waals surface area contributed by atoms with E-state index in [1.54, 1.807) is 0 Å². The summed E-state index contributed by atoms with van der Waals surface area (Å²) in [6, 6.07) is 0. The van der Waals surface area contributed by atoms with E-state index >= 15 is 0 Å². The van der Waals surface area contributed by atoms with Crippen LogP contribution in [0.2, 0.25) is 0 Å². The summed E-state index contributed by atoms with van der Waals surface area (Å²) in [5.74, 6) is 0.875. The van der Waals surface area contributed by atoms with E-state index < -0.39 is 0 Å². The monoisotopic (exact) mass is 260 g/mol. The Morgan fingerprint density at radius 2 is 1.84 bits per heavy atom. The van der Waals surface area contributed by atoms with Crippen molar-refractivity contribution in [3.63, 3.8) is 0 Å². The maximum absolute atomic E-state index is 12.5. The number of carbonyl (C=O) groups excluding carboxylic acids is 1. The van der Waals surface area contributed by atoms with Crippen LogP contribution in [0.1, 0.15) is 80.0 Å². The molecule has 19 heavy (non-hydrogen) atoms. The maximum Gasteiger partial charge on any atom is 0.167 e. The van der Waals surface area contributed by atoms with Crippen molar-refractivity contribution in [2.45, 2.75) is 64.7 Å². The minimum Gasteiger partial charge on any atom is -0.294 e. The predicted octanol–water partition coefficient (Wildman–Crippen LogP) is 3.62. The van der Waals surface area contributed by atoms with Crippen molar-refractivity contribution < 1.29 is 4.79 Å². The highest BCUT2D eigenvalue weighted by Gasteiger charge is 2.37. The van der Waals surface area contributed by atoms with Gasteiger partial charge in [0.15, 0.2) is 5.78 Å². The molecule has 2 aliphatic carbocycles. The molecule has 0 amide bonds. The lowest BCUT2D eigenvalue weighted by molar-refractivity contribution is 0.0910. The van der Waals surface area contributed by atoms with Gasteiger partial charge in [-0.05, 0) is 24.7 Å². The molecule has 0 atom stereocenters. The van der Waals surface area contributed by atoms with Crippen molar-refractivity contribution in [2.75, 3.05) is 0 Å². The minimum atomic E-state index is 0.0717. The second-order valence-electron chi connectivity index (χ2n) is 7.11. The van der Waals surface area contributed by atoms with Gasteiger partial charge in [-0.15, -0.1) is 0 Å².